The molecule has 0 spiro atoms. The summed E-state index contributed by atoms with van der Waals surface area (Å²) in [4.78, 5) is 13.1. The highest BCUT2D eigenvalue weighted by molar-refractivity contribution is 7.12. The summed E-state index contributed by atoms with van der Waals surface area (Å²) >= 11 is 1.36. The van der Waals surface area contributed by atoms with E-state index >= 15 is 0 Å². The fourth-order valence-electron chi connectivity index (χ4n) is 2.68. The average molecular weight is 305 g/mol. The van der Waals surface area contributed by atoms with Crippen LogP contribution in [-0.2, 0) is 5.54 Å². The third-order valence-electron chi connectivity index (χ3n) is 4.01. The Morgan fingerprint density at radius 1 is 1.29 bits per heavy atom. The molecule has 3 nitrogen and oxygen atoms in total. The predicted molar refractivity (Wildman–Crippen MR) is 80.3 cm³/mol. The summed E-state index contributed by atoms with van der Waals surface area (Å²) in [5.41, 5.74) is 0.582. The average Bonchev–Trinajstić information content (AvgIpc) is 2.92. The van der Waals surface area contributed by atoms with Crippen LogP contribution in [0.3, 0.4) is 0 Å². The van der Waals surface area contributed by atoms with Gasteiger partial charge in [-0.3, -0.25) is 4.79 Å². The van der Waals surface area contributed by atoms with Crippen molar-refractivity contribution >= 4 is 17.2 Å². The van der Waals surface area contributed by atoms with Gasteiger partial charge in [0.15, 0.2) is 0 Å². The van der Waals surface area contributed by atoms with Crippen molar-refractivity contribution in [2.24, 2.45) is 0 Å². The minimum atomic E-state index is -0.375. The summed E-state index contributed by atoms with van der Waals surface area (Å²) in [6, 6.07) is 8.16. The Balaban J connectivity index is 1.84. The van der Waals surface area contributed by atoms with Gasteiger partial charge in [-0.2, -0.15) is 0 Å². The summed E-state index contributed by atoms with van der Waals surface area (Å²) < 4.78 is 18.3. The second-order valence-corrected chi connectivity index (χ2v) is 6.13. The largest absolute Gasteiger partial charge is 0.495 e. The lowest BCUT2D eigenvalue weighted by Crippen LogP contribution is -2.50. The molecule has 1 aliphatic rings. The van der Waals surface area contributed by atoms with Gasteiger partial charge < -0.3 is 10.1 Å². The number of halogens is 1. The van der Waals surface area contributed by atoms with Gasteiger partial charge in [0.25, 0.3) is 5.91 Å². The van der Waals surface area contributed by atoms with Crippen LogP contribution in [-0.4, -0.2) is 13.0 Å². The summed E-state index contributed by atoms with van der Waals surface area (Å²) in [6.45, 7) is 0. The molecule has 110 valence electrons. The van der Waals surface area contributed by atoms with Gasteiger partial charge in [0, 0.05) is 0 Å². The molecule has 5 heteroatoms. The number of methoxy groups -OCH3 is 1. The van der Waals surface area contributed by atoms with Crippen molar-refractivity contribution in [3.05, 3.63) is 52.0 Å². The summed E-state index contributed by atoms with van der Waals surface area (Å²) in [5.74, 6) is 0.191. The number of benzene rings is 1. The fraction of sp³-hybridized carbons (Fsp3) is 0.312. The maximum Gasteiger partial charge on any atom is 0.265 e. The van der Waals surface area contributed by atoms with Crippen molar-refractivity contribution in [1.82, 2.24) is 5.32 Å². The zero-order valence-corrected chi connectivity index (χ0v) is 12.5. The first-order valence-corrected chi connectivity index (χ1v) is 7.73. The quantitative estimate of drug-likeness (QED) is 0.935. The molecule has 1 aromatic heterocycles. The lowest BCUT2D eigenvalue weighted by molar-refractivity contribution is 0.0825. The van der Waals surface area contributed by atoms with E-state index < -0.39 is 0 Å². The minimum Gasteiger partial charge on any atom is -0.495 e. The number of carbonyl (C=O) groups is 1. The zero-order valence-electron chi connectivity index (χ0n) is 11.7. The monoisotopic (exact) mass is 305 g/mol. The van der Waals surface area contributed by atoms with Crippen LogP contribution < -0.4 is 10.1 Å². The highest BCUT2D eigenvalue weighted by atomic mass is 32.1. The smallest absolute Gasteiger partial charge is 0.265 e. The second-order valence-electron chi connectivity index (χ2n) is 5.21. The van der Waals surface area contributed by atoms with Crippen molar-refractivity contribution in [2.75, 3.05) is 7.11 Å². The third-order valence-corrected chi connectivity index (χ3v) is 4.91. The van der Waals surface area contributed by atoms with Crippen molar-refractivity contribution < 1.29 is 13.9 Å². The molecule has 0 atom stereocenters. The number of ether oxygens (including phenoxy) is 1. The van der Waals surface area contributed by atoms with E-state index in [0.29, 0.717) is 10.6 Å². The van der Waals surface area contributed by atoms with E-state index in [9.17, 15) is 9.18 Å². The van der Waals surface area contributed by atoms with E-state index in [-0.39, 0.29) is 17.3 Å². The molecule has 1 aliphatic carbocycles. The molecule has 0 unspecified atom stereocenters. The maximum atomic E-state index is 13.1. The summed E-state index contributed by atoms with van der Waals surface area (Å²) in [6.07, 6.45) is 2.80. The van der Waals surface area contributed by atoms with Crippen LogP contribution in [0.1, 0.15) is 34.5 Å². The number of hydrogen-bond donors (Lipinski definition) is 1. The Morgan fingerprint density at radius 2 is 2.00 bits per heavy atom. The first-order valence-electron chi connectivity index (χ1n) is 6.85. The van der Waals surface area contributed by atoms with Crippen LogP contribution in [0, 0.1) is 5.82 Å². The maximum absolute atomic E-state index is 13.1. The van der Waals surface area contributed by atoms with Gasteiger partial charge in [-0.25, -0.2) is 4.39 Å². The Labute approximate surface area is 126 Å². The topological polar surface area (TPSA) is 38.3 Å². The number of rotatable bonds is 4. The molecular weight excluding hydrogens is 289 g/mol. The van der Waals surface area contributed by atoms with Crippen LogP contribution in [0.2, 0.25) is 0 Å². The number of thiophene rings is 1. The second kappa shape index (κ2) is 5.48. The molecule has 1 aromatic carbocycles. The highest BCUT2D eigenvalue weighted by Gasteiger charge is 2.40. The normalized spacial score (nSPS) is 16.1. The first kappa shape index (κ1) is 14.1. The molecule has 2 aromatic rings. The molecule has 1 saturated carbocycles. The zero-order chi connectivity index (χ0) is 14.9. The van der Waals surface area contributed by atoms with Crippen LogP contribution in [0.5, 0.6) is 5.75 Å². The van der Waals surface area contributed by atoms with E-state index in [2.05, 4.69) is 5.32 Å². The lowest BCUT2D eigenvalue weighted by atomic mass is 9.71. The lowest BCUT2D eigenvalue weighted by Gasteiger charge is -2.43. The van der Waals surface area contributed by atoms with Crippen LogP contribution in [0.4, 0.5) is 4.39 Å². The molecule has 0 saturated heterocycles. The van der Waals surface area contributed by atoms with Gasteiger partial charge in [0.2, 0.25) is 0 Å². The minimum absolute atomic E-state index is 0.133. The first-order chi connectivity index (χ1) is 10.1. The molecule has 1 heterocycles. The third kappa shape index (κ3) is 2.53. The van der Waals surface area contributed by atoms with E-state index in [1.165, 1.54) is 23.5 Å². The van der Waals surface area contributed by atoms with Gasteiger partial charge in [0.1, 0.15) is 16.4 Å². The van der Waals surface area contributed by atoms with Crippen LogP contribution in [0.15, 0.2) is 35.7 Å². The van der Waals surface area contributed by atoms with Crippen molar-refractivity contribution in [3.8, 4) is 5.75 Å². The number of carbonyl (C=O) groups excluding carboxylic acids is 1. The number of hydrogen-bond acceptors (Lipinski definition) is 3. The standard InChI is InChI=1S/C16H16FNO2S/c1-20-13-7-10-21-14(13)15(19)18-16(8-2-9-16)11-3-5-12(17)6-4-11/h3-7,10H,2,8-9H2,1H3,(H,18,19). The van der Waals surface area contributed by atoms with E-state index in [4.69, 9.17) is 4.74 Å². The molecule has 3 rings (SSSR count). The fourth-order valence-corrected chi connectivity index (χ4v) is 3.44. The van der Waals surface area contributed by atoms with Crippen molar-refractivity contribution in [1.29, 1.82) is 0 Å². The Hall–Kier alpha value is -1.88. The molecule has 21 heavy (non-hydrogen) atoms. The molecule has 0 radical (unpaired) electrons. The van der Waals surface area contributed by atoms with Gasteiger partial charge in [0.05, 0.1) is 12.6 Å². The summed E-state index contributed by atoms with van der Waals surface area (Å²) in [5, 5.41) is 4.94. The highest BCUT2D eigenvalue weighted by Crippen LogP contribution is 2.42. The Morgan fingerprint density at radius 3 is 2.57 bits per heavy atom. The number of nitrogens with one attached hydrogen (secondary N) is 1. The number of amides is 1. The van der Waals surface area contributed by atoms with Crippen molar-refractivity contribution in [2.45, 2.75) is 24.8 Å². The predicted octanol–water partition coefficient (Wildman–Crippen LogP) is 3.71. The summed E-state index contributed by atoms with van der Waals surface area (Å²) in [7, 11) is 1.55. The molecule has 0 bridgehead atoms. The van der Waals surface area contributed by atoms with E-state index in [1.54, 1.807) is 25.3 Å². The molecule has 1 fully saturated rings. The molecule has 1 amide bonds. The Kier molecular flexibility index (Phi) is 3.68. The van der Waals surface area contributed by atoms with Gasteiger partial charge in [-0.05, 0) is 48.4 Å². The van der Waals surface area contributed by atoms with Crippen LogP contribution in [0.25, 0.3) is 0 Å². The van der Waals surface area contributed by atoms with Crippen LogP contribution >= 0.6 is 11.3 Å². The van der Waals surface area contributed by atoms with Gasteiger partial charge in [-0.15, -0.1) is 11.3 Å². The van der Waals surface area contributed by atoms with Gasteiger partial charge in [-0.1, -0.05) is 12.1 Å². The molecular formula is C16H16FNO2S. The van der Waals surface area contributed by atoms with Gasteiger partial charge >= 0.3 is 0 Å². The SMILES string of the molecule is COc1ccsc1C(=O)NC1(c2ccc(F)cc2)CCC1. The van der Waals surface area contributed by atoms with E-state index in [1.807, 2.05) is 5.38 Å². The Bertz CT molecular complexity index is 647. The molecule has 1 N–H and O–H groups in total. The van der Waals surface area contributed by atoms with E-state index in [0.717, 1.165) is 24.8 Å². The van der Waals surface area contributed by atoms with Crippen molar-refractivity contribution in [3.63, 3.8) is 0 Å². The molecule has 0 aliphatic heterocycles.